The molecule has 4 aromatic rings. The van der Waals surface area contributed by atoms with Gasteiger partial charge in [-0.05, 0) is 27.8 Å². The van der Waals surface area contributed by atoms with Gasteiger partial charge in [0.1, 0.15) is 6.61 Å². The molecule has 4 aromatic carbocycles. The van der Waals surface area contributed by atoms with E-state index in [4.69, 9.17) is 4.74 Å². The first-order chi connectivity index (χ1) is 17.1. The van der Waals surface area contributed by atoms with Gasteiger partial charge < -0.3 is 9.84 Å². The van der Waals surface area contributed by atoms with E-state index in [-0.39, 0.29) is 12.6 Å². The van der Waals surface area contributed by atoms with Crippen LogP contribution in [0.15, 0.2) is 115 Å². The summed E-state index contributed by atoms with van der Waals surface area (Å²) in [5.41, 5.74) is 4.67. The second-order valence-electron chi connectivity index (χ2n) is 8.89. The van der Waals surface area contributed by atoms with Gasteiger partial charge in [0.25, 0.3) is 0 Å². The number of carbonyl (C=O) groups excluding carboxylic acids is 1. The SMILES string of the molecule is O=C(O)C1C(c2ccccc2)C(C(=O)OCc2ccccc2-c2ccccc2)[C@H]1c1ccccc1. The number of carboxylic acids is 1. The van der Waals surface area contributed by atoms with Crippen molar-refractivity contribution in [2.24, 2.45) is 11.8 Å². The zero-order valence-electron chi connectivity index (χ0n) is 19.2. The van der Waals surface area contributed by atoms with E-state index >= 15 is 0 Å². The first-order valence-corrected chi connectivity index (χ1v) is 11.8. The fourth-order valence-electron chi connectivity index (χ4n) is 5.32. The lowest BCUT2D eigenvalue weighted by Gasteiger charge is -2.49. The summed E-state index contributed by atoms with van der Waals surface area (Å²) in [5.74, 6) is -3.44. The third kappa shape index (κ3) is 4.47. The molecule has 0 amide bonds. The molecule has 4 nitrogen and oxygen atoms in total. The molecule has 0 bridgehead atoms. The smallest absolute Gasteiger partial charge is 0.310 e. The Kier molecular flexibility index (Phi) is 6.44. The van der Waals surface area contributed by atoms with Crippen LogP contribution in [0.25, 0.3) is 11.1 Å². The fourth-order valence-corrected chi connectivity index (χ4v) is 5.32. The number of hydrogen-bond donors (Lipinski definition) is 1. The maximum Gasteiger partial charge on any atom is 0.310 e. The summed E-state index contributed by atoms with van der Waals surface area (Å²) in [6, 6.07) is 36.7. The lowest BCUT2D eigenvalue weighted by Crippen LogP contribution is -2.51. The predicted octanol–water partition coefficient (Wildman–Crippen LogP) is 6.30. The minimum absolute atomic E-state index is 0.126. The number of hydrogen-bond acceptors (Lipinski definition) is 3. The van der Waals surface area contributed by atoms with Crippen molar-refractivity contribution < 1.29 is 19.4 Å². The minimum Gasteiger partial charge on any atom is -0.481 e. The summed E-state index contributed by atoms with van der Waals surface area (Å²) in [6.45, 7) is 0.126. The van der Waals surface area contributed by atoms with Crippen LogP contribution in [0.4, 0.5) is 0 Å². The number of esters is 1. The average molecular weight is 463 g/mol. The summed E-state index contributed by atoms with van der Waals surface area (Å²) < 4.78 is 5.89. The van der Waals surface area contributed by atoms with Crippen molar-refractivity contribution in [3.63, 3.8) is 0 Å². The van der Waals surface area contributed by atoms with Crippen molar-refractivity contribution in [2.75, 3.05) is 0 Å². The Balaban J connectivity index is 1.44. The van der Waals surface area contributed by atoms with E-state index in [1.807, 2.05) is 115 Å². The van der Waals surface area contributed by atoms with Crippen LogP contribution in [0.2, 0.25) is 0 Å². The van der Waals surface area contributed by atoms with Crippen molar-refractivity contribution in [3.8, 4) is 11.1 Å². The van der Waals surface area contributed by atoms with Crippen LogP contribution in [0.5, 0.6) is 0 Å². The molecule has 0 aliphatic heterocycles. The van der Waals surface area contributed by atoms with Crippen LogP contribution in [-0.2, 0) is 20.9 Å². The molecule has 1 aliphatic rings. The van der Waals surface area contributed by atoms with Gasteiger partial charge in [-0.3, -0.25) is 9.59 Å². The van der Waals surface area contributed by atoms with E-state index in [9.17, 15) is 14.7 Å². The van der Waals surface area contributed by atoms with E-state index in [1.54, 1.807) is 0 Å². The quantitative estimate of drug-likeness (QED) is 0.328. The highest BCUT2D eigenvalue weighted by Gasteiger charge is 2.59. The number of rotatable bonds is 7. The van der Waals surface area contributed by atoms with Gasteiger partial charge in [0.05, 0.1) is 11.8 Å². The van der Waals surface area contributed by atoms with Gasteiger partial charge in [-0.1, -0.05) is 115 Å². The first-order valence-electron chi connectivity index (χ1n) is 11.8. The van der Waals surface area contributed by atoms with Crippen LogP contribution < -0.4 is 0 Å². The normalized spacial score (nSPS) is 21.0. The molecule has 0 spiro atoms. The molecule has 174 valence electrons. The number of ether oxygens (including phenoxy) is 1. The molecule has 1 saturated carbocycles. The highest BCUT2D eigenvalue weighted by atomic mass is 16.5. The summed E-state index contributed by atoms with van der Waals surface area (Å²) in [4.78, 5) is 25.9. The van der Waals surface area contributed by atoms with Gasteiger partial charge in [0.2, 0.25) is 0 Å². The van der Waals surface area contributed by atoms with Crippen LogP contribution in [0.1, 0.15) is 28.5 Å². The summed E-state index contributed by atoms with van der Waals surface area (Å²) in [7, 11) is 0. The van der Waals surface area contributed by atoms with Crippen LogP contribution in [-0.4, -0.2) is 17.0 Å². The second-order valence-corrected chi connectivity index (χ2v) is 8.89. The first kappa shape index (κ1) is 22.6. The van der Waals surface area contributed by atoms with Crippen molar-refractivity contribution in [1.82, 2.24) is 0 Å². The van der Waals surface area contributed by atoms with Gasteiger partial charge in [-0.2, -0.15) is 0 Å². The highest BCUT2D eigenvalue weighted by molar-refractivity contribution is 5.84. The molecule has 0 aromatic heterocycles. The predicted molar refractivity (Wildman–Crippen MR) is 135 cm³/mol. The number of carbonyl (C=O) groups is 2. The van der Waals surface area contributed by atoms with E-state index in [0.717, 1.165) is 27.8 Å². The zero-order chi connectivity index (χ0) is 24.2. The third-order valence-corrected chi connectivity index (χ3v) is 6.95. The molecule has 1 aliphatic carbocycles. The number of aliphatic carboxylic acids is 1. The molecule has 0 heterocycles. The van der Waals surface area contributed by atoms with Gasteiger partial charge in [0, 0.05) is 11.8 Å². The summed E-state index contributed by atoms with van der Waals surface area (Å²) in [6.07, 6.45) is 0. The lowest BCUT2D eigenvalue weighted by atomic mass is 9.52. The molecule has 4 heteroatoms. The third-order valence-electron chi connectivity index (χ3n) is 6.95. The zero-order valence-corrected chi connectivity index (χ0v) is 19.2. The van der Waals surface area contributed by atoms with Gasteiger partial charge in [0.15, 0.2) is 0 Å². The average Bonchev–Trinajstić information content (AvgIpc) is 2.89. The number of carboxylic acid groups (broad SMARTS) is 1. The monoisotopic (exact) mass is 462 g/mol. The van der Waals surface area contributed by atoms with Gasteiger partial charge in [-0.15, -0.1) is 0 Å². The Bertz CT molecular complexity index is 1250. The van der Waals surface area contributed by atoms with E-state index in [2.05, 4.69) is 0 Å². The van der Waals surface area contributed by atoms with E-state index < -0.39 is 29.6 Å². The molecule has 5 rings (SSSR count). The Morgan fingerprint density at radius 3 is 1.66 bits per heavy atom. The van der Waals surface area contributed by atoms with Crippen molar-refractivity contribution >= 4 is 11.9 Å². The maximum atomic E-state index is 13.6. The molecule has 0 radical (unpaired) electrons. The highest BCUT2D eigenvalue weighted by Crippen LogP contribution is 2.58. The summed E-state index contributed by atoms with van der Waals surface area (Å²) >= 11 is 0. The molecule has 3 unspecified atom stereocenters. The van der Waals surface area contributed by atoms with Gasteiger partial charge >= 0.3 is 11.9 Å². The molecule has 0 saturated heterocycles. The van der Waals surface area contributed by atoms with Crippen LogP contribution in [0, 0.1) is 11.8 Å². The van der Waals surface area contributed by atoms with E-state index in [0.29, 0.717) is 0 Å². The second kappa shape index (κ2) is 9.98. The Hall–Kier alpha value is -4.18. The Morgan fingerprint density at radius 1 is 0.629 bits per heavy atom. The molecule has 4 atom stereocenters. The standard InChI is InChI=1S/C31H26O4/c32-30(33)28-26(22-14-6-2-7-15-22)29(27(28)23-16-8-3-9-17-23)31(34)35-20-24-18-10-11-19-25(24)21-12-4-1-5-13-21/h1-19,26-29H,20H2,(H,32,33)/t26-,27?,28?,29?/m0/s1. The molecular weight excluding hydrogens is 436 g/mol. The molecule has 1 N–H and O–H groups in total. The molecular formula is C31H26O4. The molecule has 1 fully saturated rings. The number of benzene rings is 4. The van der Waals surface area contributed by atoms with Gasteiger partial charge in [-0.25, -0.2) is 0 Å². The summed E-state index contributed by atoms with van der Waals surface area (Å²) in [5, 5.41) is 10.1. The molecule has 35 heavy (non-hydrogen) atoms. The van der Waals surface area contributed by atoms with E-state index in [1.165, 1.54) is 0 Å². The Morgan fingerprint density at radius 2 is 1.11 bits per heavy atom. The minimum atomic E-state index is -0.897. The largest absolute Gasteiger partial charge is 0.481 e. The van der Waals surface area contributed by atoms with Crippen molar-refractivity contribution in [1.29, 1.82) is 0 Å². The van der Waals surface area contributed by atoms with Crippen LogP contribution in [0.3, 0.4) is 0 Å². The van der Waals surface area contributed by atoms with Crippen molar-refractivity contribution in [3.05, 3.63) is 132 Å². The van der Waals surface area contributed by atoms with Crippen molar-refractivity contribution in [2.45, 2.75) is 18.4 Å². The fraction of sp³-hybridized carbons (Fsp3) is 0.161. The lowest BCUT2D eigenvalue weighted by molar-refractivity contribution is -0.165. The Labute approximate surface area is 204 Å². The van der Waals surface area contributed by atoms with Crippen LogP contribution >= 0.6 is 0 Å². The maximum absolute atomic E-state index is 13.6. The topological polar surface area (TPSA) is 63.6 Å².